The molecule has 1 fully saturated rings. The molecule has 1 heterocycles. The maximum absolute atomic E-state index is 3.14. The van der Waals surface area contributed by atoms with Gasteiger partial charge in [0.15, 0.2) is 0 Å². The lowest BCUT2D eigenvalue weighted by atomic mass is 9.94. The summed E-state index contributed by atoms with van der Waals surface area (Å²) in [6, 6.07) is 0. The SMILES string of the molecule is B1CCSN1. The fourth-order valence-corrected chi connectivity index (χ4v) is 1.08. The molecule has 0 unspecified atom stereocenters. The maximum Gasteiger partial charge on any atom is 0.214 e. The third-order valence-corrected chi connectivity index (χ3v) is 1.53. The van der Waals surface area contributed by atoms with Crippen LogP contribution in [0.15, 0.2) is 0 Å². The van der Waals surface area contributed by atoms with Gasteiger partial charge < -0.3 is 4.63 Å². The topological polar surface area (TPSA) is 12.0 Å². The van der Waals surface area contributed by atoms with Crippen molar-refractivity contribution in [3.05, 3.63) is 0 Å². The van der Waals surface area contributed by atoms with Crippen LogP contribution in [0.2, 0.25) is 6.32 Å². The highest BCUT2D eigenvalue weighted by molar-refractivity contribution is 7.99. The van der Waals surface area contributed by atoms with Crippen LogP contribution in [0.5, 0.6) is 0 Å². The Bertz CT molecular complexity index is 21.2. The van der Waals surface area contributed by atoms with E-state index in [1.165, 1.54) is 19.5 Å². The Morgan fingerprint density at radius 3 is 3.00 bits per heavy atom. The number of hydrogen-bond acceptors (Lipinski definition) is 2. The molecule has 0 aromatic rings. The standard InChI is InChI=1S/C2H6BNS/c1-2-5-4-3-1/h3-4H,1-2H2. The second-order valence-corrected chi connectivity index (χ2v) is 2.08. The summed E-state index contributed by atoms with van der Waals surface area (Å²) in [5, 5.41) is 0. The van der Waals surface area contributed by atoms with Crippen LogP contribution in [0.1, 0.15) is 0 Å². The molecule has 0 amide bonds. The van der Waals surface area contributed by atoms with Gasteiger partial charge in [-0.25, -0.2) is 0 Å². The zero-order valence-corrected chi connectivity index (χ0v) is 3.85. The maximum atomic E-state index is 3.14. The molecule has 0 aromatic heterocycles. The predicted octanol–water partition coefficient (Wildman–Crippen LogP) is 0.00760. The summed E-state index contributed by atoms with van der Waals surface area (Å²) >= 11 is 1.82. The van der Waals surface area contributed by atoms with E-state index in [2.05, 4.69) is 4.63 Å². The molecule has 0 aliphatic carbocycles. The first kappa shape index (κ1) is 3.56. The fourth-order valence-electron chi connectivity index (χ4n) is 0.361. The third kappa shape index (κ3) is 0.854. The minimum atomic E-state index is 1.21. The summed E-state index contributed by atoms with van der Waals surface area (Å²) in [7, 11) is 1.21. The number of hydrogen-bond donors (Lipinski definition) is 1. The van der Waals surface area contributed by atoms with Crippen molar-refractivity contribution >= 4 is 19.4 Å². The van der Waals surface area contributed by atoms with Crippen molar-refractivity contribution in [2.45, 2.75) is 6.32 Å². The lowest BCUT2D eigenvalue weighted by molar-refractivity contribution is 1.51. The van der Waals surface area contributed by atoms with E-state index in [1.807, 2.05) is 11.9 Å². The summed E-state index contributed by atoms with van der Waals surface area (Å²) < 4.78 is 3.14. The second-order valence-electron chi connectivity index (χ2n) is 1.10. The Kier molecular flexibility index (Phi) is 1.23. The predicted molar refractivity (Wildman–Crippen MR) is 27.5 cm³/mol. The van der Waals surface area contributed by atoms with Crippen molar-refractivity contribution < 1.29 is 0 Å². The lowest BCUT2D eigenvalue weighted by Gasteiger charge is -1.74. The van der Waals surface area contributed by atoms with Crippen molar-refractivity contribution in [2.24, 2.45) is 0 Å². The Morgan fingerprint density at radius 1 is 1.80 bits per heavy atom. The molecule has 1 aliphatic rings. The molecule has 1 rings (SSSR count). The number of rotatable bonds is 0. The highest BCUT2D eigenvalue weighted by Crippen LogP contribution is 2.01. The first-order valence-electron chi connectivity index (χ1n) is 1.85. The Morgan fingerprint density at radius 2 is 2.80 bits per heavy atom. The molecule has 3 heteroatoms. The molecule has 1 aliphatic heterocycles. The summed E-state index contributed by atoms with van der Waals surface area (Å²) in [5.41, 5.74) is 0. The Balaban J connectivity index is 2.08. The van der Waals surface area contributed by atoms with Gasteiger partial charge in [-0.05, 0) is 0 Å². The van der Waals surface area contributed by atoms with Crippen LogP contribution in [-0.2, 0) is 0 Å². The van der Waals surface area contributed by atoms with Crippen LogP contribution >= 0.6 is 11.9 Å². The van der Waals surface area contributed by atoms with Gasteiger partial charge in [-0.15, -0.1) is 0 Å². The second kappa shape index (κ2) is 1.72. The van der Waals surface area contributed by atoms with E-state index in [0.717, 1.165) is 0 Å². The van der Waals surface area contributed by atoms with E-state index in [4.69, 9.17) is 0 Å². The molecule has 0 spiro atoms. The first-order valence-corrected chi connectivity index (χ1v) is 2.83. The summed E-state index contributed by atoms with van der Waals surface area (Å²) in [5.74, 6) is 1.31. The van der Waals surface area contributed by atoms with Gasteiger partial charge in [-0.2, -0.15) is 0 Å². The molecule has 1 nitrogen and oxygen atoms in total. The third-order valence-electron chi connectivity index (χ3n) is 0.627. The molecular weight excluding hydrogens is 80.9 g/mol. The van der Waals surface area contributed by atoms with E-state index in [-0.39, 0.29) is 0 Å². The monoisotopic (exact) mass is 87.0 g/mol. The van der Waals surface area contributed by atoms with E-state index in [9.17, 15) is 0 Å². The molecule has 1 N–H and O–H groups in total. The van der Waals surface area contributed by atoms with Crippen LogP contribution in [0.3, 0.4) is 0 Å². The largest absolute Gasteiger partial charge is 0.306 e. The van der Waals surface area contributed by atoms with Crippen LogP contribution in [0.4, 0.5) is 0 Å². The van der Waals surface area contributed by atoms with Gasteiger partial charge in [0.2, 0.25) is 7.41 Å². The van der Waals surface area contributed by atoms with Gasteiger partial charge in [-0.1, -0.05) is 18.3 Å². The molecule has 28 valence electrons. The van der Waals surface area contributed by atoms with E-state index in [0.29, 0.717) is 0 Å². The Labute approximate surface area is 36.9 Å². The lowest BCUT2D eigenvalue weighted by Crippen LogP contribution is -1.97. The average molecular weight is 87.0 g/mol. The van der Waals surface area contributed by atoms with Gasteiger partial charge in [0.1, 0.15) is 0 Å². The zero-order chi connectivity index (χ0) is 3.54. The normalized spacial score (nSPS) is 22.4. The quantitative estimate of drug-likeness (QED) is 0.330. The van der Waals surface area contributed by atoms with Crippen LogP contribution in [-0.4, -0.2) is 13.2 Å². The zero-order valence-electron chi connectivity index (χ0n) is 3.03. The van der Waals surface area contributed by atoms with Crippen LogP contribution in [0.25, 0.3) is 0 Å². The highest BCUT2D eigenvalue weighted by atomic mass is 32.2. The number of nitrogens with one attached hydrogen (secondary N) is 1. The summed E-state index contributed by atoms with van der Waals surface area (Å²) in [6.45, 7) is 0. The van der Waals surface area contributed by atoms with Crippen molar-refractivity contribution in [1.29, 1.82) is 0 Å². The van der Waals surface area contributed by atoms with Crippen molar-refractivity contribution in [3.63, 3.8) is 0 Å². The molecule has 5 heavy (non-hydrogen) atoms. The molecule has 0 radical (unpaired) electrons. The molecule has 1 saturated heterocycles. The summed E-state index contributed by atoms with van der Waals surface area (Å²) in [6.07, 6.45) is 1.35. The molecule has 0 aromatic carbocycles. The van der Waals surface area contributed by atoms with Crippen molar-refractivity contribution in [3.8, 4) is 0 Å². The van der Waals surface area contributed by atoms with Crippen molar-refractivity contribution in [1.82, 2.24) is 4.63 Å². The average Bonchev–Trinajstić information content (AvgIpc) is 1.76. The molecule has 0 saturated carbocycles. The molecular formula is C2H6BNS. The minimum absolute atomic E-state index is 1.21. The highest BCUT2D eigenvalue weighted by Gasteiger charge is 1.97. The Hall–Kier alpha value is 0.375. The van der Waals surface area contributed by atoms with E-state index in [1.54, 1.807) is 0 Å². The molecule has 0 atom stereocenters. The summed E-state index contributed by atoms with van der Waals surface area (Å²) in [4.78, 5) is 0. The fraction of sp³-hybridized carbons (Fsp3) is 1.00. The van der Waals surface area contributed by atoms with E-state index < -0.39 is 0 Å². The molecule has 0 bridgehead atoms. The van der Waals surface area contributed by atoms with Gasteiger partial charge in [0.05, 0.1) is 0 Å². The smallest absolute Gasteiger partial charge is 0.214 e. The van der Waals surface area contributed by atoms with Gasteiger partial charge >= 0.3 is 0 Å². The van der Waals surface area contributed by atoms with Gasteiger partial charge in [0, 0.05) is 5.75 Å². The van der Waals surface area contributed by atoms with E-state index >= 15 is 0 Å². The van der Waals surface area contributed by atoms with Crippen LogP contribution in [0, 0.1) is 0 Å². The first-order chi connectivity index (χ1) is 2.50. The van der Waals surface area contributed by atoms with Gasteiger partial charge in [0.25, 0.3) is 0 Å². The van der Waals surface area contributed by atoms with Crippen LogP contribution < -0.4 is 4.63 Å². The van der Waals surface area contributed by atoms with Gasteiger partial charge in [-0.3, -0.25) is 0 Å². The minimum Gasteiger partial charge on any atom is -0.306 e. The van der Waals surface area contributed by atoms with Crippen molar-refractivity contribution in [2.75, 3.05) is 5.75 Å².